The molecule has 0 bridgehead atoms. The number of hydrogen-bond acceptors (Lipinski definition) is 14. The van der Waals surface area contributed by atoms with Crippen molar-refractivity contribution in [3.8, 4) is 28.4 Å². The highest BCUT2D eigenvalue weighted by Gasteiger charge is 2.50. The number of amides is 2. The van der Waals surface area contributed by atoms with E-state index < -0.39 is 108 Å². The number of aliphatic hydroxyl groups is 3. The number of aromatic hydroxyl groups is 2. The van der Waals surface area contributed by atoms with Crippen molar-refractivity contribution in [3.05, 3.63) is 141 Å². The number of Topliss-reactive ketones (excluding diaryl/α,β-unsaturated/α-hetero) is 1. The van der Waals surface area contributed by atoms with Gasteiger partial charge in [-0.1, -0.05) is 72.8 Å². The van der Waals surface area contributed by atoms with Gasteiger partial charge in [-0.25, -0.2) is 4.79 Å². The van der Waals surface area contributed by atoms with E-state index in [4.69, 9.17) is 18.9 Å². The minimum absolute atomic E-state index is 0.0557. The molecular weight excluding hydrogens is 853 g/mol. The Bertz CT molecular complexity index is 2760. The lowest BCUT2D eigenvalue weighted by Gasteiger charge is -2.43. The number of carbonyl (C=O) groups excluding carboxylic acids is 5. The van der Waals surface area contributed by atoms with Gasteiger partial charge in [0.1, 0.15) is 42.2 Å². The molecule has 66 heavy (non-hydrogen) atoms. The lowest BCUT2D eigenvalue weighted by Crippen LogP contribution is -2.56. The van der Waals surface area contributed by atoms with E-state index in [1.54, 1.807) is 24.3 Å². The van der Waals surface area contributed by atoms with E-state index in [1.807, 2.05) is 36.4 Å². The normalized spacial score (nSPS) is 22.8. The van der Waals surface area contributed by atoms with Gasteiger partial charge in [0.05, 0.1) is 48.5 Å². The summed E-state index contributed by atoms with van der Waals surface area (Å²) >= 11 is 0. The van der Waals surface area contributed by atoms with Crippen LogP contribution in [0.5, 0.6) is 17.2 Å². The number of hydrogen-bond donors (Lipinski definition) is 7. The van der Waals surface area contributed by atoms with E-state index in [1.165, 1.54) is 32.2 Å². The van der Waals surface area contributed by atoms with Gasteiger partial charge in [0.2, 0.25) is 11.7 Å². The number of phenolic OH excluding ortho intramolecular Hbond substituents is 2. The Hall–Kier alpha value is -6.95. The average Bonchev–Trinajstić information content (AvgIpc) is 3.63. The first kappa shape index (κ1) is 44.3. The zero-order valence-corrected chi connectivity index (χ0v) is 35.8. The number of benzene rings is 5. The molecule has 0 unspecified atom stereocenters. The van der Waals surface area contributed by atoms with Crippen LogP contribution in [0.1, 0.15) is 91.4 Å². The lowest BCUT2D eigenvalue weighted by molar-refractivity contribution is -0.249. The highest BCUT2D eigenvalue weighted by Crippen LogP contribution is 2.53. The van der Waals surface area contributed by atoms with Gasteiger partial charge in [-0.15, -0.1) is 0 Å². The number of carbonyl (C=O) groups is 5. The van der Waals surface area contributed by atoms with E-state index >= 15 is 0 Å². The van der Waals surface area contributed by atoms with E-state index in [-0.39, 0.29) is 53.4 Å². The van der Waals surface area contributed by atoms with Crippen molar-refractivity contribution in [1.29, 1.82) is 0 Å². The molecule has 0 aromatic heterocycles. The van der Waals surface area contributed by atoms with Crippen LogP contribution in [0.15, 0.2) is 91.0 Å². The van der Waals surface area contributed by atoms with Gasteiger partial charge >= 0.3 is 6.09 Å². The van der Waals surface area contributed by atoms with E-state index in [9.17, 15) is 49.5 Å². The Morgan fingerprint density at radius 3 is 2.15 bits per heavy atom. The molecule has 5 aromatic rings. The van der Waals surface area contributed by atoms with Crippen LogP contribution in [-0.2, 0) is 36.6 Å². The van der Waals surface area contributed by atoms with Gasteiger partial charge in [-0.05, 0) is 52.9 Å². The first-order valence-corrected chi connectivity index (χ1v) is 21.4. The van der Waals surface area contributed by atoms with Crippen molar-refractivity contribution >= 4 is 35.0 Å². The predicted octanol–water partition coefficient (Wildman–Crippen LogP) is 4.76. The monoisotopic (exact) mass is 898 g/mol. The molecule has 0 spiro atoms. The first-order chi connectivity index (χ1) is 31.7. The Morgan fingerprint density at radius 2 is 1.48 bits per heavy atom. The van der Waals surface area contributed by atoms with Crippen molar-refractivity contribution < 1.29 is 68.5 Å². The number of fused-ring (bicyclic) bond motifs is 6. The van der Waals surface area contributed by atoms with Gasteiger partial charge < -0.3 is 49.8 Å². The molecule has 1 fully saturated rings. The molecule has 7 N–H and O–H groups in total. The SMILES string of the molecule is COc1cccc2c1C(=O)c1c(O)c3c(c(O)c1C2=O)C[C@@](O)(C(=O)CO)C[C@@H]3O[C@H]1C[C@H](NC(=O)Cc2ccc(NC(=O)OCC3c4ccccc4-c4ccccc43)cc2)[C@H](O)[C@H](C)O1. The maximum absolute atomic E-state index is 14.0. The fraction of sp³-hybridized carbons (Fsp3) is 0.300. The summed E-state index contributed by atoms with van der Waals surface area (Å²) in [6.45, 7) is 0.593. The number of rotatable bonds is 11. The Labute approximate surface area is 377 Å². The van der Waals surface area contributed by atoms with E-state index in [2.05, 4.69) is 22.8 Å². The molecule has 16 nitrogen and oxygen atoms in total. The topological polar surface area (TPSA) is 247 Å². The lowest BCUT2D eigenvalue weighted by atomic mass is 9.72. The summed E-state index contributed by atoms with van der Waals surface area (Å²) in [4.78, 5) is 67.2. The molecule has 2 amide bonds. The van der Waals surface area contributed by atoms with Gasteiger partial charge in [-0.2, -0.15) is 0 Å². The number of methoxy groups -OCH3 is 1. The second kappa shape index (κ2) is 17.5. The number of nitrogens with one attached hydrogen (secondary N) is 2. The molecule has 0 saturated carbocycles. The van der Waals surface area contributed by atoms with Crippen LogP contribution in [0, 0.1) is 0 Å². The molecule has 9 rings (SSSR count). The van der Waals surface area contributed by atoms with Crippen molar-refractivity contribution in [2.24, 2.45) is 0 Å². The fourth-order valence-electron chi connectivity index (χ4n) is 9.76. The molecule has 16 heteroatoms. The quantitative estimate of drug-likeness (QED) is 0.0867. The molecule has 6 atom stereocenters. The summed E-state index contributed by atoms with van der Waals surface area (Å²) < 4.78 is 23.3. The van der Waals surface area contributed by atoms with Crippen molar-refractivity contribution in [2.75, 3.05) is 25.6 Å². The zero-order chi connectivity index (χ0) is 46.6. The van der Waals surface area contributed by atoms with Crippen LogP contribution in [0.4, 0.5) is 10.5 Å². The standard InChI is InChI=1S/C50H46N2O14/c1-24-44(56)34(52-38(55)18-25-14-16-26(17-15-25)51-49(61)64-23-33-29-10-5-3-8-27(29)28-9-4-6-11-30(28)33)19-39(65-24)66-36-21-50(62,37(54)22-53)20-32-41(36)48(60)43-42(46(32)58)45(57)31-12-7-13-35(63-2)40(31)47(43)59/h3-17,24,33-34,36,39,44,53,56,58,60,62H,18-23H2,1-2H3,(H,51,61)(H,52,55)/t24-,34-,36-,39-,44+,50-/m0/s1. The zero-order valence-electron chi connectivity index (χ0n) is 35.8. The third kappa shape index (κ3) is 7.75. The Kier molecular flexibility index (Phi) is 11.7. The maximum atomic E-state index is 14.0. The summed E-state index contributed by atoms with van der Waals surface area (Å²) in [6.07, 6.45) is -7.05. The van der Waals surface area contributed by atoms with E-state index in [0.717, 1.165) is 22.3 Å². The molecular formula is C50H46N2O14. The summed E-state index contributed by atoms with van der Waals surface area (Å²) in [6, 6.07) is 26.0. The fourth-order valence-corrected chi connectivity index (χ4v) is 9.76. The molecule has 1 aliphatic heterocycles. The number of aliphatic hydroxyl groups excluding tert-OH is 2. The number of phenols is 2. The van der Waals surface area contributed by atoms with Gasteiger partial charge in [-0.3, -0.25) is 24.5 Å². The van der Waals surface area contributed by atoms with Crippen LogP contribution in [0.2, 0.25) is 0 Å². The second-order valence-electron chi connectivity index (χ2n) is 17.0. The van der Waals surface area contributed by atoms with Gasteiger partial charge in [0.15, 0.2) is 17.9 Å². The third-order valence-corrected chi connectivity index (χ3v) is 13.0. The van der Waals surface area contributed by atoms with Crippen molar-refractivity contribution in [3.63, 3.8) is 0 Å². The highest BCUT2D eigenvalue weighted by molar-refractivity contribution is 6.31. The Morgan fingerprint density at radius 1 is 0.833 bits per heavy atom. The van der Waals surface area contributed by atoms with Crippen LogP contribution in [-0.4, -0.2) is 105 Å². The summed E-state index contributed by atoms with van der Waals surface area (Å²) in [5, 5.41) is 61.6. The van der Waals surface area contributed by atoms with Crippen LogP contribution in [0.3, 0.4) is 0 Å². The molecule has 4 aliphatic rings. The molecule has 5 aromatic carbocycles. The first-order valence-electron chi connectivity index (χ1n) is 21.4. The number of ether oxygens (including phenoxy) is 4. The minimum Gasteiger partial charge on any atom is -0.507 e. The van der Waals surface area contributed by atoms with E-state index in [0.29, 0.717) is 11.3 Å². The largest absolute Gasteiger partial charge is 0.507 e. The predicted molar refractivity (Wildman–Crippen MR) is 235 cm³/mol. The summed E-state index contributed by atoms with van der Waals surface area (Å²) in [7, 11) is 1.31. The molecule has 0 radical (unpaired) electrons. The molecule has 1 heterocycles. The van der Waals surface area contributed by atoms with Gasteiger partial charge in [0.25, 0.3) is 0 Å². The summed E-state index contributed by atoms with van der Waals surface area (Å²) in [5.41, 5.74) is 1.34. The average molecular weight is 899 g/mol. The smallest absolute Gasteiger partial charge is 0.411 e. The Balaban J connectivity index is 0.875. The van der Waals surface area contributed by atoms with Crippen molar-refractivity contribution in [1.82, 2.24) is 5.32 Å². The highest BCUT2D eigenvalue weighted by atomic mass is 16.7. The number of ketones is 3. The molecule has 1 saturated heterocycles. The maximum Gasteiger partial charge on any atom is 0.411 e. The summed E-state index contributed by atoms with van der Waals surface area (Å²) in [5.74, 6) is -4.68. The third-order valence-electron chi connectivity index (χ3n) is 13.0. The number of anilines is 1. The van der Waals surface area contributed by atoms with Gasteiger partial charge in [0, 0.05) is 47.6 Å². The second-order valence-corrected chi connectivity index (χ2v) is 17.0. The van der Waals surface area contributed by atoms with Crippen LogP contribution in [0.25, 0.3) is 11.1 Å². The minimum atomic E-state index is -2.36. The van der Waals surface area contributed by atoms with Crippen LogP contribution < -0.4 is 15.4 Å². The molecule has 3 aliphatic carbocycles. The molecule has 340 valence electrons. The van der Waals surface area contributed by atoms with Crippen LogP contribution >= 0.6 is 0 Å². The van der Waals surface area contributed by atoms with Crippen molar-refractivity contribution in [2.45, 2.75) is 74.8 Å².